The van der Waals surface area contributed by atoms with Crippen LogP contribution in [0.25, 0.3) is 22.3 Å². The van der Waals surface area contributed by atoms with Crippen LogP contribution in [-0.4, -0.2) is 16.1 Å². The number of benzene rings is 3. The minimum atomic E-state index is 0.0266. The molecule has 0 aliphatic heterocycles. The van der Waals surface area contributed by atoms with Gasteiger partial charge in [0.1, 0.15) is 5.75 Å². The molecule has 4 N–H and O–H groups in total. The van der Waals surface area contributed by atoms with Crippen molar-refractivity contribution in [2.75, 3.05) is 0 Å². The van der Waals surface area contributed by atoms with E-state index in [1.54, 1.807) is 18.2 Å². The molecule has 126 valence electrons. The number of rotatable bonds is 3. The maximum absolute atomic E-state index is 9.57. The van der Waals surface area contributed by atoms with Crippen molar-refractivity contribution in [3.05, 3.63) is 76.8 Å². The third-order valence-electron chi connectivity index (χ3n) is 3.96. The van der Waals surface area contributed by atoms with E-state index in [9.17, 15) is 10.3 Å². The third kappa shape index (κ3) is 3.44. The molecule has 0 heterocycles. The van der Waals surface area contributed by atoms with Crippen molar-refractivity contribution in [1.29, 1.82) is 0 Å². The van der Waals surface area contributed by atoms with Crippen molar-refractivity contribution in [1.82, 2.24) is 0 Å². The molecule has 0 bridgehead atoms. The molecule has 0 aliphatic carbocycles. The summed E-state index contributed by atoms with van der Waals surface area (Å²) in [6.07, 6.45) is 0. The van der Waals surface area contributed by atoms with Gasteiger partial charge in [-0.15, -0.1) is 0 Å². The van der Waals surface area contributed by atoms with Crippen molar-refractivity contribution >= 4 is 17.4 Å². The highest BCUT2D eigenvalue weighted by Crippen LogP contribution is 2.37. The normalized spacial score (nSPS) is 11.5. The molecule has 4 nitrogen and oxygen atoms in total. The Bertz CT molecular complexity index is 950. The maximum Gasteiger partial charge on any atom is 0.170 e. The SMILES string of the molecule is Cc1cc(/C(N)=N/O)c(-c2cccc(Cl)c2)c(-c2ccc(O)cc2)c1. The van der Waals surface area contributed by atoms with Crippen LogP contribution in [0.15, 0.2) is 65.8 Å². The van der Waals surface area contributed by atoms with Crippen LogP contribution >= 0.6 is 11.6 Å². The average Bonchev–Trinajstić information content (AvgIpc) is 2.61. The van der Waals surface area contributed by atoms with Gasteiger partial charge in [0.05, 0.1) is 0 Å². The monoisotopic (exact) mass is 352 g/mol. The molecule has 3 rings (SSSR count). The molecule has 0 atom stereocenters. The van der Waals surface area contributed by atoms with E-state index >= 15 is 0 Å². The molecule has 0 saturated heterocycles. The van der Waals surface area contributed by atoms with Crippen LogP contribution in [0, 0.1) is 6.92 Å². The Kier molecular flexibility index (Phi) is 4.63. The minimum absolute atomic E-state index is 0.0266. The fraction of sp³-hybridized carbons (Fsp3) is 0.0500. The van der Waals surface area contributed by atoms with Gasteiger partial charge in [0.2, 0.25) is 0 Å². The predicted octanol–water partition coefficient (Wildman–Crippen LogP) is 4.78. The summed E-state index contributed by atoms with van der Waals surface area (Å²) in [5.41, 5.74) is 11.0. The summed E-state index contributed by atoms with van der Waals surface area (Å²) in [6, 6.07) is 18.2. The standard InChI is InChI=1S/C20H17ClN2O2/c1-12-9-17(13-5-7-16(24)8-6-13)19(18(10-12)20(22)23-25)14-3-2-4-15(21)11-14/h2-11,24-25H,1H3,(H2,22,23). The van der Waals surface area contributed by atoms with Gasteiger partial charge in [-0.1, -0.05) is 47.1 Å². The topological polar surface area (TPSA) is 78.8 Å². The quantitative estimate of drug-likeness (QED) is 0.274. The molecular weight excluding hydrogens is 336 g/mol. The highest BCUT2D eigenvalue weighted by molar-refractivity contribution is 6.31. The van der Waals surface area contributed by atoms with Crippen molar-refractivity contribution in [3.8, 4) is 28.0 Å². The van der Waals surface area contributed by atoms with Crippen molar-refractivity contribution in [2.45, 2.75) is 6.92 Å². The summed E-state index contributed by atoms with van der Waals surface area (Å²) in [4.78, 5) is 0. The number of nitrogens with two attached hydrogens (primary N) is 1. The lowest BCUT2D eigenvalue weighted by Gasteiger charge is -2.17. The van der Waals surface area contributed by atoms with Gasteiger partial charge in [-0.25, -0.2) is 0 Å². The lowest BCUT2D eigenvalue weighted by atomic mass is 9.88. The highest BCUT2D eigenvalue weighted by atomic mass is 35.5. The number of amidine groups is 1. The summed E-state index contributed by atoms with van der Waals surface area (Å²) in [7, 11) is 0. The van der Waals surface area contributed by atoms with Crippen molar-refractivity contribution in [3.63, 3.8) is 0 Å². The molecule has 0 aliphatic rings. The molecule has 0 fully saturated rings. The molecule has 3 aromatic carbocycles. The molecule has 0 aromatic heterocycles. The zero-order valence-electron chi connectivity index (χ0n) is 13.6. The van der Waals surface area contributed by atoms with Gasteiger partial charge in [0, 0.05) is 16.1 Å². The molecule has 3 aromatic rings. The second-order valence-corrected chi connectivity index (χ2v) is 6.21. The molecule has 0 radical (unpaired) electrons. The van der Waals surface area contributed by atoms with Gasteiger partial charge >= 0.3 is 0 Å². The van der Waals surface area contributed by atoms with Crippen LogP contribution in [0.1, 0.15) is 11.1 Å². The first-order chi connectivity index (χ1) is 12.0. The Labute approximate surface area is 150 Å². The molecular formula is C20H17ClN2O2. The van der Waals surface area contributed by atoms with Crippen LogP contribution in [0.2, 0.25) is 5.02 Å². The first-order valence-electron chi connectivity index (χ1n) is 7.67. The van der Waals surface area contributed by atoms with Crippen LogP contribution < -0.4 is 5.73 Å². The van der Waals surface area contributed by atoms with E-state index in [1.807, 2.05) is 49.4 Å². The second kappa shape index (κ2) is 6.87. The zero-order valence-corrected chi connectivity index (χ0v) is 14.3. The Balaban J connectivity index is 2.37. The van der Waals surface area contributed by atoms with Gasteiger partial charge in [-0.05, 0) is 59.5 Å². The molecule has 0 unspecified atom stereocenters. The van der Waals surface area contributed by atoms with Crippen LogP contribution in [0.3, 0.4) is 0 Å². The van der Waals surface area contributed by atoms with Gasteiger partial charge in [-0.2, -0.15) is 0 Å². The highest BCUT2D eigenvalue weighted by Gasteiger charge is 2.17. The fourth-order valence-electron chi connectivity index (χ4n) is 2.87. The maximum atomic E-state index is 9.57. The Hall–Kier alpha value is -2.98. The van der Waals surface area contributed by atoms with E-state index in [4.69, 9.17) is 17.3 Å². The Morgan fingerprint density at radius 1 is 1.00 bits per heavy atom. The Morgan fingerprint density at radius 2 is 1.72 bits per heavy atom. The van der Waals surface area contributed by atoms with Crippen LogP contribution in [-0.2, 0) is 0 Å². The number of aromatic hydroxyl groups is 1. The van der Waals surface area contributed by atoms with E-state index in [0.717, 1.165) is 27.8 Å². The van der Waals surface area contributed by atoms with Gasteiger partial charge in [0.15, 0.2) is 5.84 Å². The first-order valence-corrected chi connectivity index (χ1v) is 8.05. The largest absolute Gasteiger partial charge is 0.508 e. The second-order valence-electron chi connectivity index (χ2n) is 5.78. The smallest absolute Gasteiger partial charge is 0.170 e. The number of oxime groups is 1. The summed E-state index contributed by atoms with van der Waals surface area (Å²) in [6.45, 7) is 1.94. The fourth-order valence-corrected chi connectivity index (χ4v) is 3.06. The summed E-state index contributed by atoms with van der Waals surface area (Å²) >= 11 is 6.17. The van der Waals surface area contributed by atoms with E-state index < -0.39 is 0 Å². The predicted molar refractivity (Wildman–Crippen MR) is 101 cm³/mol. The summed E-state index contributed by atoms with van der Waals surface area (Å²) < 4.78 is 0. The Morgan fingerprint density at radius 3 is 2.36 bits per heavy atom. The van der Waals surface area contributed by atoms with Crippen LogP contribution in [0.5, 0.6) is 5.75 Å². The summed E-state index contributed by atoms with van der Waals surface area (Å²) in [5, 5.41) is 22.6. The molecule has 25 heavy (non-hydrogen) atoms. The van der Waals surface area contributed by atoms with Crippen molar-refractivity contribution in [2.24, 2.45) is 10.9 Å². The number of phenols is 1. The number of hydrogen-bond acceptors (Lipinski definition) is 3. The van der Waals surface area contributed by atoms with E-state index in [0.29, 0.717) is 10.6 Å². The number of hydrogen-bond donors (Lipinski definition) is 3. The van der Waals surface area contributed by atoms with E-state index in [-0.39, 0.29) is 11.6 Å². The zero-order chi connectivity index (χ0) is 18.0. The molecule has 0 spiro atoms. The number of halogens is 1. The summed E-state index contributed by atoms with van der Waals surface area (Å²) in [5.74, 6) is 0.219. The average molecular weight is 353 g/mol. The minimum Gasteiger partial charge on any atom is -0.508 e. The lowest BCUT2D eigenvalue weighted by Crippen LogP contribution is -2.15. The van der Waals surface area contributed by atoms with E-state index in [1.165, 1.54) is 0 Å². The number of phenolic OH excluding ortho intramolecular Hbond substituents is 1. The molecule has 0 amide bonds. The van der Waals surface area contributed by atoms with Gasteiger partial charge in [0.25, 0.3) is 0 Å². The number of nitrogens with zero attached hydrogens (tertiary/aromatic N) is 1. The van der Waals surface area contributed by atoms with Gasteiger partial charge < -0.3 is 16.0 Å². The molecule has 5 heteroatoms. The lowest BCUT2D eigenvalue weighted by molar-refractivity contribution is 0.318. The molecule has 0 saturated carbocycles. The number of aryl methyl sites for hydroxylation is 1. The van der Waals surface area contributed by atoms with Crippen molar-refractivity contribution < 1.29 is 10.3 Å². The first kappa shape index (κ1) is 16.9. The van der Waals surface area contributed by atoms with E-state index in [2.05, 4.69) is 5.16 Å². The van der Waals surface area contributed by atoms with Crippen LogP contribution in [0.4, 0.5) is 0 Å². The van der Waals surface area contributed by atoms with Gasteiger partial charge in [-0.3, -0.25) is 0 Å². The third-order valence-corrected chi connectivity index (χ3v) is 4.19.